The van der Waals surface area contributed by atoms with Crippen LogP contribution in [0.1, 0.15) is 24.9 Å². The molecule has 1 atom stereocenters. The predicted molar refractivity (Wildman–Crippen MR) is 69.7 cm³/mol. The van der Waals surface area contributed by atoms with Gasteiger partial charge in [0.15, 0.2) is 0 Å². The minimum absolute atomic E-state index is 0.222. The van der Waals surface area contributed by atoms with Crippen molar-refractivity contribution < 1.29 is 8.42 Å². The van der Waals surface area contributed by atoms with E-state index >= 15 is 0 Å². The van der Waals surface area contributed by atoms with E-state index in [0.717, 1.165) is 11.3 Å². The van der Waals surface area contributed by atoms with Gasteiger partial charge in [-0.2, -0.15) is 0 Å². The van der Waals surface area contributed by atoms with Crippen molar-refractivity contribution in [2.45, 2.75) is 19.4 Å². The van der Waals surface area contributed by atoms with Gasteiger partial charge in [-0.3, -0.25) is 4.31 Å². The maximum atomic E-state index is 11.8. The maximum Gasteiger partial charge on any atom is 0.235 e. The summed E-state index contributed by atoms with van der Waals surface area (Å²) >= 11 is 0. The van der Waals surface area contributed by atoms with Gasteiger partial charge >= 0.3 is 0 Å². The molecule has 0 aliphatic carbocycles. The molecule has 1 aromatic rings. The molecule has 0 bridgehead atoms. The van der Waals surface area contributed by atoms with Crippen LogP contribution in [0.15, 0.2) is 24.3 Å². The Morgan fingerprint density at radius 1 is 1.41 bits per heavy atom. The average molecular weight is 254 g/mol. The lowest BCUT2D eigenvalue weighted by atomic mass is 10.1. The molecular weight excluding hydrogens is 236 g/mol. The Morgan fingerprint density at radius 3 is 2.76 bits per heavy atom. The fourth-order valence-corrected chi connectivity index (χ4v) is 3.60. The summed E-state index contributed by atoms with van der Waals surface area (Å²) in [5.74, 6) is 0.263. The molecule has 94 valence electrons. The zero-order valence-corrected chi connectivity index (χ0v) is 11.0. The predicted octanol–water partition coefficient (Wildman–Crippen LogP) is 1.51. The van der Waals surface area contributed by atoms with Gasteiger partial charge in [-0.15, -0.1) is 0 Å². The third-order valence-electron chi connectivity index (χ3n) is 3.19. The first-order valence-corrected chi connectivity index (χ1v) is 7.43. The molecule has 0 amide bonds. The van der Waals surface area contributed by atoms with Crippen LogP contribution >= 0.6 is 0 Å². The lowest BCUT2D eigenvalue weighted by Crippen LogP contribution is -2.25. The number of hydrogen-bond acceptors (Lipinski definition) is 3. The van der Waals surface area contributed by atoms with Crippen LogP contribution in [0.3, 0.4) is 0 Å². The molecule has 1 heterocycles. The highest BCUT2D eigenvalue weighted by Gasteiger charge is 2.28. The van der Waals surface area contributed by atoms with E-state index in [2.05, 4.69) is 12.2 Å². The maximum absolute atomic E-state index is 11.8. The minimum Gasteiger partial charge on any atom is -0.313 e. The summed E-state index contributed by atoms with van der Waals surface area (Å²) in [5.41, 5.74) is 1.88. The molecule has 1 fully saturated rings. The van der Waals surface area contributed by atoms with Gasteiger partial charge in [-0.1, -0.05) is 12.1 Å². The van der Waals surface area contributed by atoms with Crippen LogP contribution in [-0.2, 0) is 10.0 Å². The van der Waals surface area contributed by atoms with Gasteiger partial charge in [0.1, 0.15) is 0 Å². The second-order valence-electron chi connectivity index (χ2n) is 4.35. The molecule has 1 aliphatic heterocycles. The molecule has 0 aromatic heterocycles. The van der Waals surface area contributed by atoms with Crippen LogP contribution in [0, 0.1) is 0 Å². The van der Waals surface area contributed by atoms with Gasteiger partial charge in [0.2, 0.25) is 10.0 Å². The first-order valence-electron chi connectivity index (χ1n) is 5.82. The third-order valence-corrected chi connectivity index (χ3v) is 5.06. The summed E-state index contributed by atoms with van der Waals surface area (Å²) in [6.45, 7) is 2.65. The number of hydrogen-bond donors (Lipinski definition) is 1. The van der Waals surface area contributed by atoms with Gasteiger partial charge in [-0.25, -0.2) is 8.42 Å². The molecule has 2 rings (SSSR count). The third kappa shape index (κ3) is 2.45. The molecule has 17 heavy (non-hydrogen) atoms. The van der Waals surface area contributed by atoms with Crippen LogP contribution < -0.4 is 9.62 Å². The van der Waals surface area contributed by atoms with E-state index in [1.807, 2.05) is 31.3 Å². The van der Waals surface area contributed by atoms with Crippen LogP contribution in [0.5, 0.6) is 0 Å². The Hall–Kier alpha value is -1.07. The molecule has 1 N–H and O–H groups in total. The minimum atomic E-state index is -3.08. The Kier molecular flexibility index (Phi) is 3.40. The van der Waals surface area contributed by atoms with Crippen molar-refractivity contribution in [3.63, 3.8) is 0 Å². The second kappa shape index (κ2) is 4.66. The SMILES string of the molecule is CN[C@H](C)c1cccc(N2CCCS2(=O)=O)c1. The molecule has 1 saturated heterocycles. The smallest absolute Gasteiger partial charge is 0.235 e. The molecule has 1 aromatic carbocycles. The number of nitrogens with one attached hydrogen (secondary N) is 1. The topological polar surface area (TPSA) is 49.4 Å². The Bertz CT molecular complexity index is 499. The van der Waals surface area contributed by atoms with Crippen molar-refractivity contribution >= 4 is 15.7 Å². The van der Waals surface area contributed by atoms with E-state index in [-0.39, 0.29) is 11.8 Å². The highest BCUT2D eigenvalue weighted by molar-refractivity contribution is 7.93. The summed E-state index contributed by atoms with van der Waals surface area (Å²) in [5, 5.41) is 3.15. The van der Waals surface area contributed by atoms with E-state index in [0.29, 0.717) is 13.0 Å². The molecule has 0 unspecified atom stereocenters. The monoisotopic (exact) mass is 254 g/mol. The zero-order chi connectivity index (χ0) is 12.5. The Balaban J connectivity index is 2.34. The van der Waals surface area contributed by atoms with Gasteiger partial charge in [-0.05, 0) is 38.1 Å². The van der Waals surface area contributed by atoms with Crippen LogP contribution in [0.4, 0.5) is 5.69 Å². The van der Waals surface area contributed by atoms with E-state index in [9.17, 15) is 8.42 Å². The van der Waals surface area contributed by atoms with E-state index in [4.69, 9.17) is 0 Å². The molecular formula is C12H18N2O2S. The first-order chi connectivity index (χ1) is 8.04. The summed E-state index contributed by atoms with van der Waals surface area (Å²) in [6, 6.07) is 7.94. The molecule has 5 heteroatoms. The van der Waals surface area contributed by atoms with Crippen LogP contribution in [0.25, 0.3) is 0 Å². The highest BCUT2D eigenvalue weighted by atomic mass is 32.2. The van der Waals surface area contributed by atoms with Crippen LogP contribution in [-0.4, -0.2) is 27.8 Å². The lowest BCUT2D eigenvalue weighted by molar-refractivity contribution is 0.599. The zero-order valence-electron chi connectivity index (χ0n) is 10.2. The van der Waals surface area contributed by atoms with Crippen molar-refractivity contribution in [3.05, 3.63) is 29.8 Å². The molecule has 0 saturated carbocycles. The average Bonchev–Trinajstić information content (AvgIpc) is 2.68. The normalized spacial score (nSPS) is 20.5. The van der Waals surface area contributed by atoms with Gasteiger partial charge < -0.3 is 5.32 Å². The van der Waals surface area contributed by atoms with Crippen molar-refractivity contribution in [1.29, 1.82) is 0 Å². The highest BCUT2D eigenvalue weighted by Crippen LogP contribution is 2.26. The molecule has 0 spiro atoms. The Morgan fingerprint density at radius 2 is 2.18 bits per heavy atom. The standard InChI is InChI=1S/C12H18N2O2S/c1-10(13-2)11-5-3-6-12(9-11)14-7-4-8-17(14,15)16/h3,5-6,9-10,13H,4,7-8H2,1-2H3/t10-/m1/s1. The molecule has 4 nitrogen and oxygen atoms in total. The quantitative estimate of drug-likeness (QED) is 0.889. The fraction of sp³-hybridized carbons (Fsp3) is 0.500. The largest absolute Gasteiger partial charge is 0.313 e. The summed E-state index contributed by atoms with van der Waals surface area (Å²) in [6.07, 6.45) is 0.716. The number of nitrogens with zero attached hydrogens (tertiary/aromatic N) is 1. The Labute approximate surface area is 103 Å². The van der Waals surface area contributed by atoms with Crippen molar-refractivity contribution in [3.8, 4) is 0 Å². The second-order valence-corrected chi connectivity index (χ2v) is 6.36. The van der Waals surface area contributed by atoms with Gasteiger partial charge in [0.05, 0.1) is 11.4 Å². The van der Waals surface area contributed by atoms with E-state index in [1.165, 1.54) is 4.31 Å². The summed E-state index contributed by atoms with van der Waals surface area (Å²) in [7, 11) is -1.18. The van der Waals surface area contributed by atoms with E-state index < -0.39 is 10.0 Å². The van der Waals surface area contributed by atoms with Crippen molar-refractivity contribution in [1.82, 2.24) is 5.32 Å². The van der Waals surface area contributed by atoms with Crippen molar-refractivity contribution in [2.24, 2.45) is 0 Å². The molecule has 0 radical (unpaired) electrons. The number of rotatable bonds is 3. The number of benzene rings is 1. The number of sulfonamides is 1. The lowest BCUT2D eigenvalue weighted by Gasteiger charge is -2.19. The first kappa shape index (κ1) is 12.4. The van der Waals surface area contributed by atoms with Gasteiger partial charge in [0.25, 0.3) is 0 Å². The van der Waals surface area contributed by atoms with Gasteiger partial charge in [0, 0.05) is 12.6 Å². The van der Waals surface area contributed by atoms with E-state index in [1.54, 1.807) is 0 Å². The number of anilines is 1. The van der Waals surface area contributed by atoms with Crippen molar-refractivity contribution in [2.75, 3.05) is 23.7 Å². The van der Waals surface area contributed by atoms with Crippen LogP contribution in [0.2, 0.25) is 0 Å². The fourth-order valence-electron chi connectivity index (χ4n) is 2.05. The molecule has 1 aliphatic rings. The summed E-state index contributed by atoms with van der Waals surface area (Å²) in [4.78, 5) is 0. The summed E-state index contributed by atoms with van der Waals surface area (Å²) < 4.78 is 25.2.